The lowest BCUT2D eigenvalue weighted by Gasteiger charge is -2.47. The van der Waals surface area contributed by atoms with Gasteiger partial charge in [0.15, 0.2) is 11.5 Å². The van der Waals surface area contributed by atoms with E-state index in [1.807, 2.05) is 7.05 Å². The molecule has 0 aliphatic carbocycles. The van der Waals surface area contributed by atoms with Gasteiger partial charge in [-0.1, -0.05) is 24.6 Å². The number of piperidine rings is 1. The van der Waals surface area contributed by atoms with E-state index in [-0.39, 0.29) is 30.1 Å². The van der Waals surface area contributed by atoms with Crippen molar-refractivity contribution < 1.29 is 15.0 Å². The van der Waals surface area contributed by atoms with Gasteiger partial charge in [0.1, 0.15) is 5.82 Å². The Labute approximate surface area is 211 Å². The summed E-state index contributed by atoms with van der Waals surface area (Å²) in [6.07, 6.45) is 4.15. The van der Waals surface area contributed by atoms with Gasteiger partial charge < -0.3 is 30.6 Å². The molecule has 4 N–H and O–H groups in total. The molecule has 0 radical (unpaired) electrons. The first-order valence-electron chi connectivity index (χ1n) is 12.2. The average Bonchev–Trinajstić information content (AvgIpc) is 2.88. The number of aromatic hydroxyl groups is 2. The fourth-order valence-electron chi connectivity index (χ4n) is 5.00. The number of carbonyl (C=O) groups excluding carboxylic acids is 1. The number of rotatable bonds is 7. The molecule has 2 aliphatic heterocycles. The van der Waals surface area contributed by atoms with Crippen molar-refractivity contribution in [2.75, 3.05) is 51.2 Å². The highest BCUT2D eigenvalue weighted by Crippen LogP contribution is 2.28. The van der Waals surface area contributed by atoms with Crippen molar-refractivity contribution in [1.82, 2.24) is 25.4 Å². The van der Waals surface area contributed by atoms with Crippen LogP contribution in [0.25, 0.3) is 0 Å². The average molecular weight is 503 g/mol. The quantitative estimate of drug-likeness (QED) is 0.427. The molecule has 1 atom stereocenters. The predicted octanol–water partition coefficient (Wildman–Crippen LogP) is 2.23. The summed E-state index contributed by atoms with van der Waals surface area (Å²) in [4.78, 5) is 24.4. The first-order valence-corrected chi connectivity index (χ1v) is 12.6. The van der Waals surface area contributed by atoms with Gasteiger partial charge in [-0.05, 0) is 63.3 Å². The summed E-state index contributed by atoms with van der Waals surface area (Å²) in [6, 6.07) is 6.66. The molecule has 1 aromatic carbocycles. The molecule has 1 unspecified atom stereocenters. The minimum atomic E-state index is -0.310. The zero-order valence-corrected chi connectivity index (χ0v) is 21.1. The Balaban J connectivity index is 1.36. The van der Waals surface area contributed by atoms with Crippen molar-refractivity contribution in [3.63, 3.8) is 0 Å². The van der Waals surface area contributed by atoms with Crippen LogP contribution in [-0.4, -0.2) is 89.4 Å². The van der Waals surface area contributed by atoms with Gasteiger partial charge in [-0.3, -0.25) is 9.69 Å². The normalized spacial score (nSPS) is 20.2. The van der Waals surface area contributed by atoms with E-state index < -0.39 is 0 Å². The number of benzene rings is 1. The minimum absolute atomic E-state index is 0.199. The van der Waals surface area contributed by atoms with E-state index in [0.717, 1.165) is 39.3 Å². The molecule has 4 rings (SSSR count). The third kappa shape index (κ3) is 5.98. The molecule has 10 heteroatoms. The van der Waals surface area contributed by atoms with E-state index in [1.54, 1.807) is 18.3 Å². The van der Waals surface area contributed by atoms with Crippen LogP contribution >= 0.6 is 11.6 Å². The lowest BCUT2D eigenvalue weighted by Crippen LogP contribution is -2.62. The van der Waals surface area contributed by atoms with E-state index in [1.165, 1.54) is 25.0 Å². The van der Waals surface area contributed by atoms with Crippen molar-refractivity contribution in [2.24, 2.45) is 0 Å². The van der Waals surface area contributed by atoms with Crippen molar-refractivity contribution in [3.8, 4) is 11.5 Å². The third-order valence-electron chi connectivity index (χ3n) is 7.10. The standard InChI is InChI=1S/C25H35ClN6O3/c1-3-30-8-6-19(7-9-30)32-11-10-31(16-23(32)27-2)24-20(26)13-18(15-28-24)25(35)29-14-17-4-5-21(33)22(34)12-17/h4-5,12-13,15,19,23,27,33-34H,3,6-11,14,16H2,1-2H3,(H,29,35). The molecule has 3 heterocycles. The Morgan fingerprint density at radius 2 is 1.91 bits per heavy atom. The topological polar surface area (TPSA) is 104 Å². The van der Waals surface area contributed by atoms with Gasteiger partial charge in [0.05, 0.1) is 16.8 Å². The number of halogens is 1. The Morgan fingerprint density at radius 3 is 2.57 bits per heavy atom. The Kier molecular flexibility index (Phi) is 8.33. The molecule has 1 amide bonds. The zero-order valence-electron chi connectivity index (χ0n) is 20.4. The number of aromatic nitrogens is 1. The van der Waals surface area contributed by atoms with Crippen LogP contribution in [0.1, 0.15) is 35.7 Å². The fraction of sp³-hybridized carbons (Fsp3) is 0.520. The number of hydrogen-bond donors (Lipinski definition) is 4. The Bertz CT molecular complexity index is 1030. The van der Waals surface area contributed by atoms with Crippen LogP contribution in [0.3, 0.4) is 0 Å². The highest BCUT2D eigenvalue weighted by Gasteiger charge is 2.34. The van der Waals surface area contributed by atoms with E-state index in [4.69, 9.17) is 11.6 Å². The maximum Gasteiger partial charge on any atom is 0.253 e. The van der Waals surface area contributed by atoms with Gasteiger partial charge in [0, 0.05) is 38.4 Å². The molecule has 2 aromatic rings. The number of anilines is 1. The number of pyridine rings is 1. The first kappa shape index (κ1) is 25.5. The maximum absolute atomic E-state index is 12.6. The molecule has 190 valence electrons. The van der Waals surface area contributed by atoms with Crippen LogP contribution in [0, 0.1) is 0 Å². The van der Waals surface area contributed by atoms with Crippen LogP contribution in [0.5, 0.6) is 11.5 Å². The molecule has 2 fully saturated rings. The van der Waals surface area contributed by atoms with E-state index >= 15 is 0 Å². The predicted molar refractivity (Wildman–Crippen MR) is 137 cm³/mol. The maximum atomic E-state index is 12.6. The lowest BCUT2D eigenvalue weighted by atomic mass is 10.0. The van der Waals surface area contributed by atoms with Gasteiger partial charge in [-0.25, -0.2) is 4.98 Å². The largest absolute Gasteiger partial charge is 0.504 e. The monoisotopic (exact) mass is 502 g/mol. The SMILES string of the molecule is CCN1CCC(N2CCN(c3ncc(C(=O)NCc4ccc(O)c(O)c4)cc3Cl)CC2NC)CC1. The molecule has 35 heavy (non-hydrogen) atoms. The zero-order chi connectivity index (χ0) is 24.9. The number of carbonyl (C=O) groups is 1. The number of hydrogen-bond acceptors (Lipinski definition) is 8. The van der Waals surface area contributed by atoms with Crippen LogP contribution in [0.2, 0.25) is 5.02 Å². The molecule has 2 saturated heterocycles. The molecular formula is C25H35ClN6O3. The van der Waals surface area contributed by atoms with E-state index in [0.29, 0.717) is 28.0 Å². The molecule has 2 aliphatic rings. The summed E-state index contributed by atoms with van der Waals surface area (Å²) in [6.45, 7) is 8.39. The summed E-state index contributed by atoms with van der Waals surface area (Å²) in [7, 11) is 2.00. The third-order valence-corrected chi connectivity index (χ3v) is 7.38. The van der Waals surface area contributed by atoms with Crippen LogP contribution in [0.15, 0.2) is 30.5 Å². The summed E-state index contributed by atoms with van der Waals surface area (Å²) in [5.41, 5.74) is 1.04. The molecule has 0 saturated carbocycles. The summed E-state index contributed by atoms with van der Waals surface area (Å²) >= 11 is 6.59. The Morgan fingerprint density at radius 1 is 1.14 bits per heavy atom. The second kappa shape index (κ2) is 11.4. The summed E-state index contributed by atoms with van der Waals surface area (Å²) < 4.78 is 0. The number of phenols is 2. The second-order valence-electron chi connectivity index (χ2n) is 9.19. The van der Waals surface area contributed by atoms with Gasteiger partial charge in [0.25, 0.3) is 5.91 Å². The molecular weight excluding hydrogens is 468 g/mol. The van der Waals surface area contributed by atoms with Crippen molar-refractivity contribution in [3.05, 3.63) is 46.6 Å². The Hall–Kier alpha value is -2.59. The van der Waals surface area contributed by atoms with Crippen molar-refractivity contribution in [1.29, 1.82) is 0 Å². The van der Waals surface area contributed by atoms with Gasteiger partial charge >= 0.3 is 0 Å². The highest BCUT2D eigenvalue weighted by atomic mass is 35.5. The lowest BCUT2D eigenvalue weighted by molar-refractivity contribution is 0.0557. The number of nitrogens with zero attached hydrogens (tertiary/aromatic N) is 4. The smallest absolute Gasteiger partial charge is 0.253 e. The van der Waals surface area contributed by atoms with Crippen LogP contribution in [0.4, 0.5) is 5.82 Å². The molecule has 0 spiro atoms. The van der Waals surface area contributed by atoms with Crippen molar-refractivity contribution in [2.45, 2.75) is 38.5 Å². The number of likely N-dealkylation sites (N-methyl/N-ethyl adjacent to an activating group) is 1. The molecule has 1 aromatic heterocycles. The molecule has 9 nitrogen and oxygen atoms in total. The van der Waals surface area contributed by atoms with E-state index in [2.05, 4.69) is 37.2 Å². The summed E-state index contributed by atoms with van der Waals surface area (Å²) in [5.74, 6) is -0.0469. The van der Waals surface area contributed by atoms with Gasteiger partial charge in [-0.15, -0.1) is 0 Å². The van der Waals surface area contributed by atoms with E-state index in [9.17, 15) is 15.0 Å². The highest BCUT2D eigenvalue weighted by molar-refractivity contribution is 6.33. The molecule has 0 bridgehead atoms. The van der Waals surface area contributed by atoms with Crippen LogP contribution < -0.4 is 15.5 Å². The number of amides is 1. The number of phenolic OH excluding ortho intramolecular Hbond substituents is 2. The number of piperazine rings is 1. The van der Waals surface area contributed by atoms with Gasteiger partial charge in [-0.2, -0.15) is 0 Å². The van der Waals surface area contributed by atoms with Crippen LogP contribution in [-0.2, 0) is 6.54 Å². The minimum Gasteiger partial charge on any atom is -0.504 e. The fourth-order valence-corrected chi connectivity index (χ4v) is 5.29. The first-order chi connectivity index (χ1) is 16.9. The van der Waals surface area contributed by atoms with Gasteiger partial charge in [0.2, 0.25) is 0 Å². The number of nitrogens with one attached hydrogen (secondary N) is 2. The summed E-state index contributed by atoms with van der Waals surface area (Å²) in [5, 5.41) is 25.7. The second-order valence-corrected chi connectivity index (χ2v) is 9.60. The number of likely N-dealkylation sites (tertiary alicyclic amines) is 1. The van der Waals surface area contributed by atoms with Crippen molar-refractivity contribution >= 4 is 23.3 Å².